The topological polar surface area (TPSA) is 94.8 Å². The lowest BCUT2D eigenvalue weighted by atomic mass is 9.47. The molecule has 0 bridgehead atoms. The van der Waals surface area contributed by atoms with Crippen molar-refractivity contribution >= 4 is 11.6 Å². The Labute approximate surface area is 148 Å². The first kappa shape index (κ1) is 18.3. The summed E-state index contributed by atoms with van der Waals surface area (Å²) in [5.41, 5.74) is -0.703. The first-order valence-electron chi connectivity index (χ1n) is 9.08. The molecule has 0 saturated heterocycles. The van der Waals surface area contributed by atoms with E-state index in [1.54, 1.807) is 13.8 Å². The van der Waals surface area contributed by atoms with Crippen LogP contribution in [0.5, 0.6) is 0 Å². The monoisotopic (exact) mass is 348 g/mol. The normalized spacial score (nSPS) is 38.2. The van der Waals surface area contributed by atoms with E-state index in [0.717, 1.165) is 12.8 Å². The van der Waals surface area contributed by atoms with E-state index in [1.165, 1.54) is 0 Å². The molecule has 3 N–H and O–H groups in total. The summed E-state index contributed by atoms with van der Waals surface area (Å²) in [5, 5.41) is 32.4. The third-order valence-corrected chi connectivity index (χ3v) is 6.61. The molecule has 0 unspecified atom stereocenters. The van der Waals surface area contributed by atoms with Gasteiger partial charge in [0.1, 0.15) is 11.9 Å². The third-order valence-electron chi connectivity index (χ3n) is 6.61. The van der Waals surface area contributed by atoms with Gasteiger partial charge in [0.25, 0.3) is 0 Å². The van der Waals surface area contributed by atoms with E-state index in [9.17, 15) is 24.9 Å². The number of aliphatic hydroxyl groups excluding tert-OH is 3. The molecule has 0 aromatic rings. The van der Waals surface area contributed by atoms with Crippen molar-refractivity contribution in [2.75, 3.05) is 0 Å². The van der Waals surface area contributed by atoms with Crippen LogP contribution in [0.1, 0.15) is 53.9 Å². The van der Waals surface area contributed by atoms with Crippen molar-refractivity contribution in [3.63, 3.8) is 0 Å². The summed E-state index contributed by atoms with van der Waals surface area (Å²) in [6, 6.07) is 0. The summed E-state index contributed by atoms with van der Waals surface area (Å²) >= 11 is 0. The van der Waals surface area contributed by atoms with Gasteiger partial charge in [-0.05, 0) is 24.2 Å². The predicted octanol–water partition coefficient (Wildman–Crippen LogP) is 2.47. The van der Waals surface area contributed by atoms with Crippen LogP contribution in [0.3, 0.4) is 0 Å². The molecule has 0 aliphatic heterocycles. The molecular weight excluding hydrogens is 320 g/mol. The fourth-order valence-corrected chi connectivity index (χ4v) is 5.68. The van der Waals surface area contributed by atoms with Gasteiger partial charge in [-0.3, -0.25) is 9.59 Å². The average Bonchev–Trinajstić information content (AvgIpc) is 2.47. The Kier molecular flexibility index (Phi) is 4.05. The van der Waals surface area contributed by atoms with E-state index in [2.05, 4.69) is 0 Å². The number of allylic oxidation sites excluding steroid dienone is 2. The molecule has 0 aromatic heterocycles. The molecule has 3 aliphatic carbocycles. The standard InChI is InChI=1S/C20H28O5/c1-9(2)10-13(21)11-12(16(24)14(10)22)20(5)8-6-7-19(3,4)18(20)17(25)15(11)23/h9,15,17-18,21,23,25H,6-8H2,1-5H3/t15-,17+,18+,20-/m1/s1. The predicted molar refractivity (Wildman–Crippen MR) is 92.8 cm³/mol. The number of hydrogen-bond donors (Lipinski definition) is 3. The lowest BCUT2D eigenvalue weighted by molar-refractivity contribution is -0.141. The van der Waals surface area contributed by atoms with E-state index < -0.39 is 29.2 Å². The van der Waals surface area contributed by atoms with Gasteiger partial charge in [-0.15, -0.1) is 0 Å². The van der Waals surface area contributed by atoms with Gasteiger partial charge in [-0.1, -0.05) is 41.0 Å². The first-order chi connectivity index (χ1) is 11.4. The fraction of sp³-hybridized carbons (Fsp3) is 0.700. The van der Waals surface area contributed by atoms with Crippen LogP contribution in [0.15, 0.2) is 22.5 Å². The molecule has 0 radical (unpaired) electrons. The van der Waals surface area contributed by atoms with Gasteiger partial charge in [-0.2, -0.15) is 0 Å². The van der Waals surface area contributed by atoms with Gasteiger partial charge in [0.05, 0.1) is 6.10 Å². The van der Waals surface area contributed by atoms with Crippen molar-refractivity contribution in [2.24, 2.45) is 22.7 Å². The number of carbonyl (C=O) groups is 2. The van der Waals surface area contributed by atoms with Crippen LogP contribution in [0.25, 0.3) is 0 Å². The first-order valence-corrected chi connectivity index (χ1v) is 9.08. The molecule has 138 valence electrons. The summed E-state index contributed by atoms with van der Waals surface area (Å²) in [7, 11) is 0. The van der Waals surface area contributed by atoms with Crippen LogP contribution in [-0.4, -0.2) is 39.1 Å². The molecule has 5 heteroatoms. The van der Waals surface area contributed by atoms with E-state index in [0.29, 0.717) is 6.42 Å². The molecule has 0 heterocycles. The molecule has 0 spiro atoms. The van der Waals surface area contributed by atoms with Crippen LogP contribution in [0, 0.1) is 22.7 Å². The lowest BCUT2D eigenvalue weighted by Crippen LogP contribution is -2.59. The van der Waals surface area contributed by atoms with Crippen LogP contribution in [0.2, 0.25) is 0 Å². The molecule has 0 aromatic carbocycles. The van der Waals surface area contributed by atoms with Gasteiger partial charge in [0.15, 0.2) is 0 Å². The smallest absolute Gasteiger partial charge is 0.233 e. The maximum Gasteiger partial charge on any atom is 0.233 e. The number of rotatable bonds is 1. The minimum Gasteiger partial charge on any atom is -0.507 e. The number of carbonyl (C=O) groups excluding carboxylic acids is 2. The zero-order valence-corrected chi connectivity index (χ0v) is 15.6. The maximum absolute atomic E-state index is 13.0. The minimum absolute atomic E-state index is 0.0344. The Balaban J connectivity index is 2.32. The van der Waals surface area contributed by atoms with Crippen molar-refractivity contribution in [3.05, 3.63) is 22.5 Å². The Hall–Kier alpha value is -1.46. The van der Waals surface area contributed by atoms with E-state index >= 15 is 0 Å². The molecular formula is C20H28O5. The Bertz CT molecular complexity index is 712. The van der Waals surface area contributed by atoms with Crippen molar-refractivity contribution in [2.45, 2.75) is 66.1 Å². The van der Waals surface area contributed by atoms with Crippen LogP contribution in [0.4, 0.5) is 0 Å². The second kappa shape index (κ2) is 5.52. The fourth-order valence-electron chi connectivity index (χ4n) is 5.68. The summed E-state index contributed by atoms with van der Waals surface area (Å²) in [5.74, 6) is -2.33. The lowest BCUT2D eigenvalue weighted by Gasteiger charge is -2.57. The van der Waals surface area contributed by atoms with Gasteiger partial charge in [0, 0.05) is 28.1 Å². The van der Waals surface area contributed by atoms with Crippen molar-refractivity contribution < 1.29 is 24.9 Å². The maximum atomic E-state index is 13.0. The minimum atomic E-state index is -1.36. The van der Waals surface area contributed by atoms with Crippen LogP contribution >= 0.6 is 0 Å². The average molecular weight is 348 g/mol. The highest BCUT2D eigenvalue weighted by Crippen LogP contribution is 2.61. The molecule has 4 atom stereocenters. The van der Waals surface area contributed by atoms with E-state index in [-0.39, 0.29) is 39.7 Å². The molecule has 1 fully saturated rings. The van der Waals surface area contributed by atoms with Gasteiger partial charge >= 0.3 is 0 Å². The van der Waals surface area contributed by atoms with Crippen LogP contribution < -0.4 is 0 Å². The third kappa shape index (κ3) is 2.28. The second-order valence-electron chi connectivity index (χ2n) is 9.04. The Morgan fingerprint density at radius 2 is 1.64 bits per heavy atom. The number of ketones is 2. The van der Waals surface area contributed by atoms with Gasteiger partial charge in [0.2, 0.25) is 11.6 Å². The quantitative estimate of drug-likeness (QED) is 0.500. The molecule has 5 nitrogen and oxygen atoms in total. The molecule has 3 aliphatic rings. The number of fused-ring (bicyclic) bond motifs is 2. The number of hydrogen-bond acceptors (Lipinski definition) is 5. The zero-order chi connectivity index (χ0) is 18.9. The van der Waals surface area contributed by atoms with E-state index in [1.807, 2.05) is 20.8 Å². The highest BCUT2D eigenvalue weighted by atomic mass is 16.3. The summed E-state index contributed by atoms with van der Waals surface area (Å²) in [6.45, 7) is 9.40. The Morgan fingerprint density at radius 3 is 2.20 bits per heavy atom. The van der Waals surface area contributed by atoms with Crippen LogP contribution in [-0.2, 0) is 9.59 Å². The van der Waals surface area contributed by atoms with Crippen molar-refractivity contribution in [1.29, 1.82) is 0 Å². The zero-order valence-electron chi connectivity index (χ0n) is 15.6. The van der Waals surface area contributed by atoms with Crippen molar-refractivity contribution in [3.8, 4) is 0 Å². The second-order valence-corrected chi connectivity index (χ2v) is 9.04. The summed E-state index contributed by atoms with van der Waals surface area (Å²) < 4.78 is 0. The molecule has 1 saturated carbocycles. The molecule has 3 rings (SSSR count). The highest BCUT2D eigenvalue weighted by molar-refractivity contribution is 6.50. The molecule has 0 amide bonds. The van der Waals surface area contributed by atoms with Gasteiger partial charge < -0.3 is 15.3 Å². The molecule has 25 heavy (non-hydrogen) atoms. The Morgan fingerprint density at radius 1 is 1.04 bits per heavy atom. The highest BCUT2D eigenvalue weighted by Gasteiger charge is 2.61. The largest absolute Gasteiger partial charge is 0.507 e. The van der Waals surface area contributed by atoms with E-state index in [4.69, 9.17) is 0 Å². The number of aliphatic hydroxyl groups is 3. The summed E-state index contributed by atoms with van der Waals surface area (Å²) in [4.78, 5) is 25.7. The van der Waals surface area contributed by atoms with Crippen molar-refractivity contribution in [1.82, 2.24) is 0 Å². The SMILES string of the molecule is CC(C)C1=C(O)C2=C(C(=O)C1=O)[C@@]1(C)CCCC(C)(C)[C@@H]1[C@@H](O)[C@@H]2O. The van der Waals surface area contributed by atoms with Gasteiger partial charge in [-0.25, -0.2) is 0 Å². The summed E-state index contributed by atoms with van der Waals surface area (Å²) in [6.07, 6.45) is -0.0666. The number of Topliss-reactive ketones (excluding diaryl/α,β-unsaturated/α-hetero) is 2.